The molecule has 0 saturated carbocycles. The lowest BCUT2D eigenvalue weighted by Gasteiger charge is -2.12. The Kier molecular flexibility index (Phi) is 7.75. The number of rotatable bonds is 9. The van der Waals surface area contributed by atoms with Crippen molar-refractivity contribution in [3.8, 4) is 22.9 Å². The zero-order valence-electron chi connectivity index (χ0n) is 18.4. The molecule has 0 bridgehead atoms. The lowest BCUT2D eigenvalue weighted by atomic mass is 10.1. The van der Waals surface area contributed by atoms with Gasteiger partial charge < -0.3 is 24.8 Å². The minimum absolute atomic E-state index is 0.569. The average Bonchev–Trinajstić information content (AvgIpc) is 3.30. The number of guanidine groups is 1. The van der Waals surface area contributed by atoms with Crippen LogP contribution in [0.3, 0.4) is 0 Å². The second kappa shape index (κ2) is 10.9. The Morgan fingerprint density at radius 1 is 0.935 bits per heavy atom. The van der Waals surface area contributed by atoms with Crippen LogP contribution in [0.25, 0.3) is 5.69 Å². The molecule has 1 aromatic heterocycles. The van der Waals surface area contributed by atoms with E-state index in [1.165, 1.54) is 0 Å². The number of hydrogen-bond donors (Lipinski definition) is 2. The maximum atomic E-state index is 5.36. The number of ether oxygens (including phenoxy) is 3. The molecule has 164 valence electrons. The fourth-order valence-electron chi connectivity index (χ4n) is 3.09. The number of nitrogens with zero attached hydrogens (tertiary/aromatic N) is 3. The third-order valence-electron chi connectivity index (χ3n) is 4.80. The van der Waals surface area contributed by atoms with Crippen LogP contribution >= 0.6 is 0 Å². The summed E-state index contributed by atoms with van der Waals surface area (Å²) in [6.07, 6.45) is 2.76. The van der Waals surface area contributed by atoms with Crippen LogP contribution in [-0.4, -0.2) is 50.7 Å². The molecule has 8 nitrogen and oxygen atoms in total. The summed E-state index contributed by atoms with van der Waals surface area (Å²) in [5, 5.41) is 11.2. The topological polar surface area (TPSA) is 81.9 Å². The molecule has 0 spiro atoms. The minimum Gasteiger partial charge on any atom is -0.497 e. The standard InChI is InChI=1S/C23H29N5O3/c1-24-23(25-13-11-17-5-10-21(30-3)22(15-17)31-4)26-16-18-12-14-28(27-18)19-6-8-20(29-2)9-7-19/h5-10,12,14-15H,11,13,16H2,1-4H3,(H2,24,25,26). The second-order valence-electron chi connectivity index (χ2n) is 6.74. The van der Waals surface area contributed by atoms with Gasteiger partial charge in [-0.05, 0) is 54.4 Å². The summed E-state index contributed by atoms with van der Waals surface area (Å²) in [7, 11) is 6.68. The fraction of sp³-hybridized carbons (Fsp3) is 0.304. The van der Waals surface area contributed by atoms with Crippen LogP contribution in [0.2, 0.25) is 0 Å². The first-order valence-corrected chi connectivity index (χ1v) is 10.0. The van der Waals surface area contributed by atoms with Gasteiger partial charge in [-0.25, -0.2) is 4.68 Å². The van der Waals surface area contributed by atoms with Gasteiger partial charge in [0.1, 0.15) is 5.75 Å². The first kappa shape index (κ1) is 22.0. The molecule has 0 radical (unpaired) electrons. The highest BCUT2D eigenvalue weighted by molar-refractivity contribution is 5.79. The molecule has 8 heteroatoms. The Morgan fingerprint density at radius 2 is 1.71 bits per heavy atom. The van der Waals surface area contributed by atoms with Gasteiger partial charge in [0, 0.05) is 19.8 Å². The zero-order valence-corrected chi connectivity index (χ0v) is 18.4. The number of hydrogen-bond acceptors (Lipinski definition) is 5. The normalized spacial score (nSPS) is 11.2. The summed E-state index contributed by atoms with van der Waals surface area (Å²) < 4.78 is 17.7. The summed E-state index contributed by atoms with van der Waals surface area (Å²) in [6, 6.07) is 15.7. The number of aliphatic imine (C=N–C) groups is 1. The van der Waals surface area contributed by atoms with Crippen molar-refractivity contribution in [2.24, 2.45) is 4.99 Å². The predicted molar refractivity (Wildman–Crippen MR) is 122 cm³/mol. The summed E-state index contributed by atoms with van der Waals surface area (Å²) >= 11 is 0. The third kappa shape index (κ3) is 5.91. The predicted octanol–water partition coefficient (Wildman–Crippen LogP) is 2.81. The average molecular weight is 424 g/mol. The molecule has 3 rings (SSSR count). The Morgan fingerprint density at radius 3 is 2.39 bits per heavy atom. The fourth-order valence-corrected chi connectivity index (χ4v) is 3.09. The van der Waals surface area contributed by atoms with Gasteiger partial charge in [0.15, 0.2) is 17.5 Å². The van der Waals surface area contributed by atoms with Gasteiger partial charge in [0.25, 0.3) is 0 Å². The monoisotopic (exact) mass is 423 g/mol. The maximum Gasteiger partial charge on any atom is 0.191 e. The van der Waals surface area contributed by atoms with Gasteiger partial charge >= 0.3 is 0 Å². The van der Waals surface area contributed by atoms with E-state index < -0.39 is 0 Å². The van der Waals surface area contributed by atoms with Crippen molar-refractivity contribution in [1.29, 1.82) is 0 Å². The molecule has 31 heavy (non-hydrogen) atoms. The highest BCUT2D eigenvalue weighted by atomic mass is 16.5. The molecule has 0 aliphatic heterocycles. The molecule has 0 fully saturated rings. The van der Waals surface area contributed by atoms with Crippen molar-refractivity contribution in [3.63, 3.8) is 0 Å². The van der Waals surface area contributed by atoms with Gasteiger partial charge in [-0.1, -0.05) is 6.07 Å². The molecule has 0 aliphatic rings. The molecule has 0 aliphatic carbocycles. The molecule has 0 atom stereocenters. The molecule has 0 saturated heterocycles. The molecule has 1 heterocycles. The Hall–Kier alpha value is -3.68. The quantitative estimate of drug-likeness (QED) is 0.407. The van der Waals surface area contributed by atoms with Gasteiger partial charge in [-0.2, -0.15) is 5.10 Å². The first-order chi connectivity index (χ1) is 15.2. The molecule has 2 N–H and O–H groups in total. The van der Waals surface area contributed by atoms with Crippen LogP contribution in [0, 0.1) is 0 Å². The number of methoxy groups -OCH3 is 3. The smallest absolute Gasteiger partial charge is 0.191 e. The van der Waals surface area contributed by atoms with E-state index in [2.05, 4.69) is 20.7 Å². The molecule has 3 aromatic rings. The van der Waals surface area contributed by atoms with Gasteiger partial charge in [-0.3, -0.25) is 4.99 Å². The van der Waals surface area contributed by atoms with Crippen molar-refractivity contribution < 1.29 is 14.2 Å². The summed E-state index contributed by atoms with van der Waals surface area (Å²) in [5.74, 6) is 3.00. The summed E-state index contributed by atoms with van der Waals surface area (Å²) in [6.45, 7) is 1.30. The van der Waals surface area contributed by atoms with Crippen LogP contribution in [-0.2, 0) is 13.0 Å². The van der Waals surface area contributed by atoms with Crippen LogP contribution in [0.1, 0.15) is 11.3 Å². The second-order valence-corrected chi connectivity index (χ2v) is 6.74. The number of nitrogens with one attached hydrogen (secondary N) is 2. The minimum atomic E-state index is 0.569. The SMILES string of the molecule is CN=C(NCCc1ccc(OC)c(OC)c1)NCc1ccn(-c2ccc(OC)cc2)n1. The van der Waals surface area contributed by atoms with E-state index in [9.17, 15) is 0 Å². The third-order valence-corrected chi connectivity index (χ3v) is 4.80. The van der Waals surface area contributed by atoms with E-state index in [0.29, 0.717) is 6.54 Å². The van der Waals surface area contributed by atoms with E-state index in [1.807, 2.05) is 59.4 Å². The van der Waals surface area contributed by atoms with Crippen molar-refractivity contribution >= 4 is 5.96 Å². The van der Waals surface area contributed by atoms with Crippen LogP contribution < -0.4 is 24.8 Å². The number of benzene rings is 2. The molecular weight excluding hydrogens is 394 g/mol. The van der Waals surface area contributed by atoms with Crippen LogP contribution in [0.5, 0.6) is 17.2 Å². The Bertz CT molecular complexity index is 999. The first-order valence-electron chi connectivity index (χ1n) is 10.0. The van der Waals surface area contributed by atoms with E-state index in [0.717, 1.165) is 53.1 Å². The van der Waals surface area contributed by atoms with Crippen molar-refractivity contribution in [3.05, 3.63) is 66.0 Å². The van der Waals surface area contributed by atoms with Crippen LogP contribution in [0.4, 0.5) is 0 Å². The highest BCUT2D eigenvalue weighted by Crippen LogP contribution is 2.27. The maximum absolute atomic E-state index is 5.36. The van der Waals surface area contributed by atoms with Gasteiger partial charge in [-0.15, -0.1) is 0 Å². The van der Waals surface area contributed by atoms with E-state index >= 15 is 0 Å². The molecule has 0 unspecified atom stereocenters. The molecular formula is C23H29N5O3. The van der Waals surface area contributed by atoms with Crippen molar-refractivity contribution in [1.82, 2.24) is 20.4 Å². The molecule has 0 amide bonds. The largest absolute Gasteiger partial charge is 0.497 e. The van der Waals surface area contributed by atoms with E-state index in [1.54, 1.807) is 28.4 Å². The van der Waals surface area contributed by atoms with Crippen molar-refractivity contribution in [2.45, 2.75) is 13.0 Å². The Balaban J connectivity index is 1.49. The highest BCUT2D eigenvalue weighted by Gasteiger charge is 2.06. The van der Waals surface area contributed by atoms with Crippen LogP contribution in [0.15, 0.2) is 59.7 Å². The van der Waals surface area contributed by atoms with Gasteiger partial charge in [0.2, 0.25) is 0 Å². The summed E-state index contributed by atoms with van der Waals surface area (Å²) in [5.41, 5.74) is 3.04. The molecule has 2 aromatic carbocycles. The van der Waals surface area contributed by atoms with Gasteiger partial charge in [0.05, 0.1) is 39.3 Å². The van der Waals surface area contributed by atoms with E-state index in [4.69, 9.17) is 14.2 Å². The Labute approximate surface area is 182 Å². The lowest BCUT2D eigenvalue weighted by Crippen LogP contribution is -2.38. The lowest BCUT2D eigenvalue weighted by molar-refractivity contribution is 0.354. The van der Waals surface area contributed by atoms with E-state index in [-0.39, 0.29) is 0 Å². The number of aromatic nitrogens is 2. The van der Waals surface area contributed by atoms with Crippen molar-refractivity contribution in [2.75, 3.05) is 34.9 Å². The summed E-state index contributed by atoms with van der Waals surface area (Å²) in [4.78, 5) is 4.28. The zero-order chi connectivity index (χ0) is 22.1.